The molecule has 1 aliphatic carbocycles. The molecule has 3 N–H and O–H groups in total. The molecular formula is C8H15N3O3S2. The number of ether oxygens (including phenoxy) is 1. The van der Waals surface area contributed by atoms with E-state index < -0.39 is 16.3 Å². The molecule has 0 aromatic heterocycles. The van der Waals surface area contributed by atoms with Gasteiger partial charge in [0.05, 0.1) is 6.61 Å². The topological polar surface area (TPSA) is 84.7 Å². The molecule has 0 aromatic rings. The highest BCUT2D eigenvalue weighted by molar-refractivity contribution is 7.87. The molecule has 2 rings (SSSR count). The van der Waals surface area contributed by atoms with Gasteiger partial charge < -0.3 is 10.5 Å². The van der Waals surface area contributed by atoms with Crippen LogP contribution in [0.15, 0.2) is 0 Å². The van der Waals surface area contributed by atoms with Gasteiger partial charge in [0.25, 0.3) is 10.2 Å². The van der Waals surface area contributed by atoms with Crippen molar-refractivity contribution in [1.82, 2.24) is 9.03 Å². The number of hydrogen-bond donors (Lipinski definition) is 2. The van der Waals surface area contributed by atoms with Crippen LogP contribution in [-0.2, 0) is 14.9 Å². The van der Waals surface area contributed by atoms with E-state index in [0.29, 0.717) is 13.2 Å². The van der Waals surface area contributed by atoms with Gasteiger partial charge in [-0.05, 0) is 12.8 Å². The molecule has 16 heavy (non-hydrogen) atoms. The van der Waals surface area contributed by atoms with E-state index in [1.54, 1.807) is 0 Å². The first kappa shape index (κ1) is 12.2. The average Bonchev–Trinajstić information content (AvgIpc) is 3.01. The molecule has 6 nitrogen and oxygen atoms in total. The van der Waals surface area contributed by atoms with Gasteiger partial charge in [-0.15, -0.1) is 0 Å². The molecule has 0 radical (unpaired) electrons. The molecule has 0 spiro atoms. The second kappa shape index (κ2) is 4.53. The van der Waals surface area contributed by atoms with E-state index in [2.05, 4.69) is 4.72 Å². The summed E-state index contributed by atoms with van der Waals surface area (Å²) in [5, 5.41) is 0. The Bertz CT molecular complexity index is 380. The summed E-state index contributed by atoms with van der Waals surface area (Å²) in [6.45, 7) is 0.881. The molecule has 0 bridgehead atoms. The zero-order valence-corrected chi connectivity index (χ0v) is 10.4. The number of nitrogens with zero attached hydrogens (tertiary/aromatic N) is 1. The summed E-state index contributed by atoms with van der Waals surface area (Å²) in [6.07, 6.45) is 1.37. The third-order valence-electron chi connectivity index (χ3n) is 2.58. The van der Waals surface area contributed by atoms with Gasteiger partial charge in [-0.25, -0.2) is 0 Å². The summed E-state index contributed by atoms with van der Waals surface area (Å²) in [5.74, 6) is 0. The van der Waals surface area contributed by atoms with Crippen LogP contribution in [0.1, 0.15) is 12.8 Å². The Morgan fingerprint density at radius 2 is 2.19 bits per heavy atom. The fraction of sp³-hybridized carbons (Fsp3) is 0.875. The van der Waals surface area contributed by atoms with Crippen molar-refractivity contribution < 1.29 is 13.2 Å². The predicted octanol–water partition coefficient (Wildman–Crippen LogP) is -1.03. The van der Waals surface area contributed by atoms with Gasteiger partial charge in [0.15, 0.2) is 0 Å². The van der Waals surface area contributed by atoms with Crippen molar-refractivity contribution in [1.29, 1.82) is 0 Å². The van der Waals surface area contributed by atoms with Crippen LogP contribution in [0.2, 0.25) is 0 Å². The van der Waals surface area contributed by atoms with Gasteiger partial charge >= 0.3 is 0 Å². The second-order valence-electron chi connectivity index (χ2n) is 4.02. The van der Waals surface area contributed by atoms with Crippen molar-refractivity contribution in [3.8, 4) is 0 Å². The molecule has 8 heteroatoms. The molecule has 1 saturated heterocycles. The monoisotopic (exact) mass is 265 g/mol. The Morgan fingerprint density at radius 3 is 2.75 bits per heavy atom. The predicted molar refractivity (Wildman–Crippen MR) is 63.2 cm³/mol. The number of morpholine rings is 1. The van der Waals surface area contributed by atoms with Crippen molar-refractivity contribution in [3.63, 3.8) is 0 Å². The van der Waals surface area contributed by atoms with E-state index in [-0.39, 0.29) is 17.6 Å². The normalized spacial score (nSPS) is 27.9. The first-order valence-corrected chi connectivity index (χ1v) is 7.02. The van der Waals surface area contributed by atoms with Crippen LogP contribution in [0.25, 0.3) is 0 Å². The first-order chi connectivity index (χ1) is 7.49. The lowest BCUT2D eigenvalue weighted by Gasteiger charge is -2.31. The molecule has 1 saturated carbocycles. The molecule has 2 fully saturated rings. The van der Waals surface area contributed by atoms with Crippen molar-refractivity contribution in [2.24, 2.45) is 5.73 Å². The van der Waals surface area contributed by atoms with E-state index in [1.807, 2.05) is 0 Å². The van der Waals surface area contributed by atoms with E-state index in [9.17, 15) is 8.42 Å². The lowest BCUT2D eigenvalue weighted by molar-refractivity contribution is 0.0381. The van der Waals surface area contributed by atoms with Gasteiger partial charge in [0.2, 0.25) is 0 Å². The molecule has 1 unspecified atom stereocenters. The molecule has 0 amide bonds. The SMILES string of the molecule is NC(=S)C1CN(S(=O)(=O)NC2CC2)CCO1. The van der Waals surface area contributed by atoms with Crippen LogP contribution in [0, 0.1) is 0 Å². The maximum absolute atomic E-state index is 11.9. The van der Waals surface area contributed by atoms with E-state index in [1.165, 1.54) is 4.31 Å². The van der Waals surface area contributed by atoms with E-state index in [0.717, 1.165) is 12.8 Å². The highest BCUT2D eigenvalue weighted by atomic mass is 32.2. The Morgan fingerprint density at radius 1 is 1.50 bits per heavy atom. The third kappa shape index (κ3) is 2.89. The molecule has 1 heterocycles. The van der Waals surface area contributed by atoms with Crippen molar-refractivity contribution in [3.05, 3.63) is 0 Å². The molecular weight excluding hydrogens is 250 g/mol. The second-order valence-corrected chi connectivity index (χ2v) is 6.19. The third-order valence-corrected chi connectivity index (χ3v) is 4.48. The van der Waals surface area contributed by atoms with E-state index in [4.69, 9.17) is 22.7 Å². The number of hydrogen-bond acceptors (Lipinski definition) is 4. The summed E-state index contributed by atoms with van der Waals surface area (Å²) in [6, 6.07) is 0.108. The maximum atomic E-state index is 11.9. The summed E-state index contributed by atoms with van der Waals surface area (Å²) in [7, 11) is -3.40. The molecule has 2 aliphatic rings. The van der Waals surface area contributed by atoms with Crippen LogP contribution >= 0.6 is 12.2 Å². The van der Waals surface area contributed by atoms with Crippen LogP contribution in [0.3, 0.4) is 0 Å². The fourth-order valence-corrected chi connectivity index (χ4v) is 3.10. The molecule has 0 aromatic carbocycles. The number of rotatable bonds is 4. The lowest BCUT2D eigenvalue weighted by Crippen LogP contribution is -2.53. The summed E-state index contributed by atoms with van der Waals surface area (Å²) in [4.78, 5) is 0.200. The Labute approximate surface area is 100 Å². The molecule has 92 valence electrons. The minimum atomic E-state index is -3.40. The van der Waals surface area contributed by atoms with E-state index >= 15 is 0 Å². The van der Waals surface area contributed by atoms with Gasteiger partial charge in [-0.3, -0.25) is 0 Å². The Hall–Kier alpha value is -0.280. The highest BCUT2D eigenvalue weighted by Crippen LogP contribution is 2.21. The lowest BCUT2D eigenvalue weighted by atomic mass is 10.3. The van der Waals surface area contributed by atoms with Gasteiger partial charge in [-0.1, -0.05) is 12.2 Å². The smallest absolute Gasteiger partial charge is 0.279 e. The van der Waals surface area contributed by atoms with Gasteiger partial charge in [0, 0.05) is 19.1 Å². The number of nitrogens with one attached hydrogen (secondary N) is 1. The Balaban J connectivity index is 1.99. The van der Waals surface area contributed by atoms with Crippen molar-refractivity contribution in [2.75, 3.05) is 19.7 Å². The van der Waals surface area contributed by atoms with Crippen molar-refractivity contribution in [2.45, 2.75) is 25.0 Å². The largest absolute Gasteiger partial charge is 0.391 e. The zero-order valence-electron chi connectivity index (χ0n) is 8.76. The quantitative estimate of drug-likeness (QED) is 0.635. The molecule has 1 atom stereocenters. The van der Waals surface area contributed by atoms with Gasteiger partial charge in [0.1, 0.15) is 11.1 Å². The van der Waals surface area contributed by atoms with Gasteiger partial charge in [-0.2, -0.15) is 17.4 Å². The summed E-state index contributed by atoms with van der Waals surface area (Å²) in [5.41, 5.74) is 5.45. The average molecular weight is 265 g/mol. The number of nitrogens with two attached hydrogens (primary N) is 1. The van der Waals surface area contributed by atoms with Crippen molar-refractivity contribution >= 4 is 27.4 Å². The number of thiocarbonyl (C=S) groups is 1. The fourth-order valence-electron chi connectivity index (χ4n) is 1.50. The van der Waals surface area contributed by atoms with Crippen LogP contribution in [-0.4, -0.2) is 49.6 Å². The first-order valence-electron chi connectivity index (χ1n) is 5.17. The van der Waals surface area contributed by atoms with Crippen LogP contribution in [0.5, 0.6) is 0 Å². The highest BCUT2D eigenvalue weighted by Gasteiger charge is 2.34. The zero-order chi connectivity index (χ0) is 11.8. The summed E-state index contributed by atoms with van der Waals surface area (Å²) < 4.78 is 33.0. The minimum absolute atomic E-state index is 0.108. The Kier molecular flexibility index (Phi) is 3.45. The standard InChI is InChI=1S/C8H15N3O3S2/c9-8(15)7-5-11(3-4-14-7)16(12,13)10-6-1-2-6/h6-7,10H,1-5H2,(H2,9,15). The summed E-state index contributed by atoms with van der Waals surface area (Å²) >= 11 is 4.80. The van der Waals surface area contributed by atoms with Crippen LogP contribution < -0.4 is 10.5 Å². The minimum Gasteiger partial charge on any atom is -0.391 e. The van der Waals surface area contributed by atoms with Crippen LogP contribution in [0.4, 0.5) is 0 Å². The molecule has 1 aliphatic heterocycles. The maximum Gasteiger partial charge on any atom is 0.279 e.